The van der Waals surface area contributed by atoms with Crippen molar-refractivity contribution >= 4 is 39.1 Å². The smallest absolute Gasteiger partial charge is 0.308 e. The molecule has 0 saturated carbocycles. The topological polar surface area (TPSA) is 108 Å². The number of carbonyl (C=O) groups is 2. The van der Waals surface area contributed by atoms with Crippen LogP contribution < -0.4 is 20.3 Å². The molecule has 1 aromatic carbocycles. The second kappa shape index (κ2) is 10.6. The Kier molecular flexibility index (Phi) is 7.31. The normalized spacial score (nSPS) is 11.9. The molecule has 1 N–H and O–H groups in total. The van der Waals surface area contributed by atoms with Gasteiger partial charge in [-0.2, -0.15) is 0 Å². The highest BCUT2D eigenvalue weighted by Gasteiger charge is 2.23. The van der Waals surface area contributed by atoms with Gasteiger partial charge in [0.15, 0.2) is 11.5 Å². The van der Waals surface area contributed by atoms with E-state index in [1.165, 1.54) is 17.6 Å². The summed E-state index contributed by atoms with van der Waals surface area (Å²) in [5.74, 6) is 0.165. The van der Waals surface area contributed by atoms with Crippen molar-refractivity contribution in [2.75, 3.05) is 20.3 Å². The van der Waals surface area contributed by atoms with E-state index in [4.69, 9.17) is 14.2 Å². The van der Waals surface area contributed by atoms with Crippen LogP contribution in [0.3, 0.4) is 0 Å². The number of ether oxygens (including phenoxy) is 3. The predicted molar refractivity (Wildman–Crippen MR) is 132 cm³/mol. The highest BCUT2D eigenvalue weighted by atomic mass is 32.1. The van der Waals surface area contributed by atoms with Crippen LogP contribution in [0.4, 0.5) is 0 Å². The number of nitrogens with one attached hydrogen (secondary N) is 1. The van der Waals surface area contributed by atoms with Crippen LogP contribution in [-0.2, 0) is 9.53 Å². The van der Waals surface area contributed by atoms with Crippen molar-refractivity contribution in [1.82, 2.24) is 14.7 Å². The lowest BCUT2D eigenvalue weighted by molar-refractivity contribution is -0.143. The van der Waals surface area contributed by atoms with Crippen molar-refractivity contribution in [2.24, 2.45) is 0 Å². The van der Waals surface area contributed by atoms with Crippen molar-refractivity contribution in [2.45, 2.75) is 26.3 Å². The van der Waals surface area contributed by atoms with Gasteiger partial charge in [0, 0.05) is 6.20 Å². The Balaban J connectivity index is 1.67. The van der Waals surface area contributed by atoms with Crippen molar-refractivity contribution in [3.63, 3.8) is 0 Å². The third-order valence-electron chi connectivity index (χ3n) is 5.31. The Morgan fingerprint density at radius 1 is 1.11 bits per heavy atom. The Bertz CT molecular complexity index is 1440. The second-order valence-electron chi connectivity index (χ2n) is 7.55. The van der Waals surface area contributed by atoms with Gasteiger partial charge >= 0.3 is 5.97 Å². The number of esters is 1. The number of carbonyl (C=O) groups excluding carboxylic acids is 2. The van der Waals surface area contributed by atoms with Gasteiger partial charge in [-0.15, -0.1) is 11.3 Å². The average Bonchev–Trinajstić information content (AvgIpc) is 3.29. The van der Waals surface area contributed by atoms with E-state index in [1.54, 1.807) is 49.5 Å². The predicted octanol–water partition coefficient (Wildman–Crippen LogP) is 3.74. The van der Waals surface area contributed by atoms with Gasteiger partial charge in [-0.1, -0.05) is 12.1 Å². The van der Waals surface area contributed by atoms with Gasteiger partial charge in [-0.05, 0) is 49.7 Å². The molecule has 0 aliphatic carbocycles. The van der Waals surface area contributed by atoms with E-state index in [2.05, 4.69) is 10.3 Å². The molecule has 9 nitrogen and oxygen atoms in total. The van der Waals surface area contributed by atoms with E-state index in [0.29, 0.717) is 44.4 Å². The SMILES string of the molecule is CCOC(=O)C[C@@H](NC(=O)c1cc2c(=O)n3ccccc3nc2s1)c1ccc(OCC)c(OC)c1. The quantitative estimate of drug-likeness (QED) is 0.352. The van der Waals surface area contributed by atoms with E-state index >= 15 is 0 Å². The summed E-state index contributed by atoms with van der Waals surface area (Å²) < 4.78 is 17.5. The lowest BCUT2D eigenvalue weighted by Crippen LogP contribution is -2.30. The Labute approximate surface area is 205 Å². The van der Waals surface area contributed by atoms with Gasteiger partial charge in [-0.3, -0.25) is 18.8 Å². The number of hydrogen-bond donors (Lipinski definition) is 1. The van der Waals surface area contributed by atoms with E-state index in [0.717, 1.165) is 11.3 Å². The number of fused-ring (bicyclic) bond motifs is 2. The summed E-state index contributed by atoms with van der Waals surface area (Å²) in [7, 11) is 1.52. The van der Waals surface area contributed by atoms with E-state index in [1.807, 2.05) is 6.92 Å². The van der Waals surface area contributed by atoms with Crippen molar-refractivity contribution in [1.29, 1.82) is 0 Å². The van der Waals surface area contributed by atoms with Crippen LogP contribution in [0.15, 0.2) is 53.5 Å². The number of methoxy groups -OCH3 is 1. The maximum Gasteiger partial charge on any atom is 0.308 e. The molecule has 4 aromatic rings. The minimum atomic E-state index is -0.690. The second-order valence-corrected chi connectivity index (χ2v) is 8.58. The molecule has 0 aliphatic heterocycles. The molecule has 3 aromatic heterocycles. The number of rotatable bonds is 9. The standard InChI is InChI=1S/C25H25N3O6S/c1-4-33-18-10-9-15(12-19(18)32-3)17(14-22(29)34-5-2)26-23(30)20-13-16-24(35-20)27-21-8-6-7-11-28(21)25(16)31/h6-13,17H,4-5,14H2,1-3H3,(H,26,30)/t17-/m1/s1. The molecule has 3 heterocycles. The monoisotopic (exact) mass is 495 g/mol. The summed E-state index contributed by atoms with van der Waals surface area (Å²) >= 11 is 1.12. The molecule has 0 fully saturated rings. The van der Waals surface area contributed by atoms with Crippen LogP contribution in [0.25, 0.3) is 15.9 Å². The van der Waals surface area contributed by atoms with Gasteiger partial charge in [-0.25, -0.2) is 4.98 Å². The first-order valence-electron chi connectivity index (χ1n) is 11.1. The first kappa shape index (κ1) is 24.2. The molecule has 0 aliphatic rings. The highest BCUT2D eigenvalue weighted by Crippen LogP contribution is 2.32. The Morgan fingerprint density at radius 2 is 1.94 bits per heavy atom. The van der Waals surface area contributed by atoms with Gasteiger partial charge in [0.1, 0.15) is 10.5 Å². The largest absolute Gasteiger partial charge is 0.493 e. The van der Waals surface area contributed by atoms with Crippen LogP contribution >= 0.6 is 11.3 Å². The maximum atomic E-state index is 13.2. The number of benzene rings is 1. The molecule has 0 spiro atoms. The fourth-order valence-electron chi connectivity index (χ4n) is 3.70. The molecular formula is C25H25N3O6S. The molecule has 182 valence electrons. The molecule has 10 heteroatoms. The summed E-state index contributed by atoms with van der Waals surface area (Å²) in [6.07, 6.45) is 1.56. The van der Waals surface area contributed by atoms with E-state index in [9.17, 15) is 14.4 Å². The van der Waals surface area contributed by atoms with Gasteiger partial charge in [0.2, 0.25) is 0 Å². The fraction of sp³-hybridized carbons (Fsp3) is 0.280. The molecule has 0 bridgehead atoms. The Morgan fingerprint density at radius 3 is 2.69 bits per heavy atom. The lowest BCUT2D eigenvalue weighted by Gasteiger charge is -2.20. The molecule has 1 atom stereocenters. The number of hydrogen-bond acceptors (Lipinski definition) is 8. The zero-order valence-electron chi connectivity index (χ0n) is 19.6. The number of thiophene rings is 1. The van der Waals surface area contributed by atoms with Crippen molar-refractivity contribution in [3.8, 4) is 11.5 Å². The van der Waals surface area contributed by atoms with Crippen LogP contribution in [0.5, 0.6) is 11.5 Å². The number of nitrogens with zero attached hydrogens (tertiary/aromatic N) is 2. The van der Waals surface area contributed by atoms with Crippen LogP contribution in [0.2, 0.25) is 0 Å². The first-order chi connectivity index (χ1) is 16.9. The summed E-state index contributed by atoms with van der Waals surface area (Å²) in [6, 6.07) is 11.3. The van der Waals surface area contributed by atoms with Crippen LogP contribution in [0, 0.1) is 0 Å². The van der Waals surface area contributed by atoms with E-state index in [-0.39, 0.29) is 18.6 Å². The molecule has 0 unspecified atom stereocenters. The fourth-order valence-corrected chi connectivity index (χ4v) is 4.64. The zero-order chi connectivity index (χ0) is 24.9. The van der Waals surface area contributed by atoms with Crippen LogP contribution in [-0.4, -0.2) is 41.6 Å². The van der Waals surface area contributed by atoms with Gasteiger partial charge in [0.05, 0.1) is 43.0 Å². The Hall–Kier alpha value is -3.92. The minimum absolute atomic E-state index is 0.0770. The lowest BCUT2D eigenvalue weighted by atomic mass is 10.0. The first-order valence-corrected chi connectivity index (χ1v) is 11.9. The molecule has 0 saturated heterocycles. The van der Waals surface area contributed by atoms with E-state index < -0.39 is 17.9 Å². The van der Waals surface area contributed by atoms with Crippen molar-refractivity contribution < 1.29 is 23.8 Å². The number of aromatic nitrogens is 2. The summed E-state index contributed by atoms with van der Waals surface area (Å²) in [5, 5.41) is 3.26. The summed E-state index contributed by atoms with van der Waals surface area (Å²) in [6.45, 7) is 4.28. The molecule has 4 rings (SSSR count). The number of pyridine rings is 1. The summed E-state index contributed by atoms with van der Waals surface area (Å²) in [4.78, 5) is 43.7. The molecule has 35 heavy (non-hydrogen) atoms. The number of amides is 1. The molecule has 0 radical (unpaired) electrons. The average molecular weight is 496 g/mol. The third-order valence-corrected chi connectivity index (χ3v) is 6.34. The van der Waals surface area contributed by atoms with Gasteiger partial charge in [0.25, 0.3) is 11.5 Å². The highest BCUT2D eigenvalue weighted by molar-refractivity contribution is 7.20. The molecular weight excluding hydrogens is 470 g/mol. The minimum Gasteiger partial charge on any atom is -0.493 e. The summed E-state index contributed by atoms with van der Waals surface area (Å²) in [5.41, 5.74) is 0.900. The maximum absolute atomic E-state index is 13.2. The van der Waals surface area contributed by atoms with Crippen molar-refractivity contribution in [3.05, 3.63) is 69.5 Å². The van der Waals surface area contributed by atoms with Crippen LogP contribution in [0.1, 0.15) is 41.5 Å². The third kappa shape index (κ3) is 5.12. The van der Waals surface area contributed by atoms with Gasteiger partial charge < -0.3 is 19.5 Å². The molecule has 1 amide bonds. The zero-order valence-corrected chi connectivity index (χ0v) is 20.4.